The van der Waals surface area contributed by atoms with E-state index in [0.717, 1.165) is 21.4 Å². The third-order valence-corrected chi connectivity index (χ3v) is 5.97. The zero-order chi connectivity index (χ0) is 20.2. The lowest BCUT2D eigenvalue weighted by molar-refractivity contribution is 0.0520. The first kappa shape index (κ1) is 19.4. The summed E-state index contributed by atoms with van der Waals surface area (Å²) in [5, 5.41) is 12.0. The minimum absolute atomic E-state index is 0.329. The van der Waals surface area contributed by atoms with Crippen LogP contribution < -0.4 is 0 Å². The molecule has 3 heterocycles. The third kappa shape index (κ3) is 4.25. The van der Waals surface area contributed by atoms with Crippen LogP contribution in [0, 0.1) is 6.92 Å². The van der Waals surface area contributed by atoms with Crippen molar-refractivity contribution in [1.29, 1.82) is 0 Å². The SMILES string of the molecule is CCOC(=O)c1csc(CSc2nnc(-c3ccco3)n2-c2cccc(C)c2)n1. The number of ether oxygens (including phenoxy) is 1. The van der Waals surface area contributed by atoms with E-state index in [1.54, 1.807) is 18.6 Å². The standard InChI is InChI=1S/C20H18N4O3S2/c1-3-26-19(25)15-11-28-17(21-15)12-29-20-23-22-18(16-8-5-9-27-16)24(20)14-7-4-6-13(2)10-14/h4-11H,3,12H2,1-2H3. The van der Waals surface area contributed by atoms with Gasteiger partial charge < -0.3 is 9.15 Å². The quantitative estimate of drug-likeness (QED) is 0.311. The molecule has 0 aliphatic heterocycles. The average molecular weight is 427 g/mol. The number of carbonyl (C=O) groups is 1. The Morgan fingerprint density at radius 1 is 1.28 bits per heavy atom. The number of aromatic nitrogens is 4. The van der Waals surface area contributed by atoms with Gasteiger partial charge in [-0.25, -0.2) is 9.78 Å². The van der Waals surface area contributed by atoms with Gasteiger partial charge in [-0.05, 0) is 43.7 Å². The fourth-order valence-electron chi connectivity index (χ4n) is 2.73. The van der Waals surface area contributed by atoms with Gasteiger partial charge in [0.1, 0.15) is 5.01 Å². The maximum Gasteiger partial charge on any atom is 0.357 e. The van der Waals surface area contributed by atoms with Crippen LogP contribution in [0.25, 0.3) is 17.3 Å². The predicted molar refractivity (Wildman–Crippen MR) is 111 cm³/mol. The summed E-state index contributed by atoms with van der Waals surface area (Å²) < 4.78 is 12.5. The van der Waals surface area contributed by atoms with Gasteiger partial charge in [-0.3, -0.25) is 4.57 Å². The highest BCUT2D eigenvalue weighted by molar-refractivity contribution is 7.98. The topological polar surface area (TPSA) is 83.0 Å². The first-order chi connectivity index (χ1) is 14.2. The lowest BCUT2D eigenvalue weighted by Gasteiger charge is -2.09. The molecule has 0 N–H and O–H groups in total. The van der Waals surface area contributed by atoms with E-state index in [1.807, 2.05) is 41.8 Å². The molecule has 0 unspecified atom stereocenters. The van der Waals surface area contributed by atoms with Crippen molar-refractivity contribution in [3.63, 3.8) is 0 Å². The third-order valence-electron chi connectivity index (χ3n) is 4.00. The van der Waals surface area contributed by atoms with Gasteiger partial charge in [-0.1, -0.05) is 23.9 Å². The minimum Gasteiger partial charge on any atom is -0.461 e. The Labute approximate surface area is 175 Å². The maximum absolute atomic E-state index is 11.8. The van der Waals surface area contributed by atoms with Gasteiger partial charge in [0.2, 0.25) is 5.82 Å². The van der Waals surface area contributed by atoms with Gasteiger partial charge in [-0.15, -0.1) is 21.5 Å². The van der Waals surface area contributed by atoms with Crippen molar-refractivity contribution in [1.82, 2.24) is 19.7 Å². The number of carbonyl (C=O) groups excluding carboxylic acids is 1. The fraction of sp³-hybridized carbons (Fsp3) is 0.200. The Bertz CT molecular complexity index is 1120. The number of esters is 1. The molecule has 3 aromatic heterocycles. The molecule has 0 radical (unpaired) electrons. The van der Waals surface area contributed by atoms with Crippen molar-refractivity contribution in [3.05, 3.63) is 64.3 Å². The molecule has 0 saturated carbocycles. The van der Waals surface area contributed by atoms with E-state index in [1.165, 1.54) is 23.1 Å². The Morgan fingerprint density at radius 2 is 2.17 bits per heavy atom. The van der Waals surface area contributed by atoms with Gasteiger partial charge in [0.15, 0.2) is 16.6 Å². The van der Waals surface area contributed by atoms with E-state index < -0.39 is 5.97 Å². The maximum atomic E-state index is 11.8. The van der Waals surface area contributed by atoms with E-state index in [-0.39, 0.29) is 0 Å². The molecule has 0 aliphatic rings. The molecule has 4 rings (SSSR count). The number of thiazole rings is 1. The van der Waals surface area contributed by atoms with Crippen molar-refractivity contribution < 1.29 is 13.9 Å². The van der Waals surface area contributed by atoms with Crippen LogP contribution in [0.4, 0.5) is 0 Å². The summed E-state index contributed by atoms with van der Waals surface area (Å²) in [6.45, 7) is 4.14. The molecule has 4 aromatic rings. The molecule has 0 spiro atoms. The normalized spacial score (nSPS) is 11.0. The van der Waals surface area contributed by atoms with Crippen LogP contribution in [0.5, 0.6) is 0 Å². The second-order valence-corrected chi connectivity index (χ2v) is 7.98. The Kier molecular flexibility index (Phi) is 5.77. The summed E-state index contributed by atoms with van der Waals surface area (Å²) in [7, 11) is 0. The highest BCUT2D eigenvalue weighted by Gasteiger charge is 2.19. The Morgan fingerprint density at radius 3 is 2.93 bits per heavy atom. The van der Waals surface area contributed by atoms with Crippen molar-refractivity contribution in [2.45, 2.75) is 24.8 Å². The summed E-state index contributed by atoms with van der Waals surface area (Å²) in [6, 6.07) is 11.8. The van der Waals surface area contributed by atoms with Crippen molar-refractivity contribution in [2.24, 2.45) is 0 Å². The number of hydrogen-bond donors (Lipinski definition) is 0. The molecule has 1 aromatic carbocycles. The van der Waals surface area contributed by atoms with Crippen LogP contribution in [0.1, 0.15) is 28.0 Å². The highest BCUT2D eigenvalue weighted by atomic mass is 32.2. The molecule has 29 heavy (non-hydrogen) atoms. The molecule has 148 valence electrons. The smallest absolute Gasteiger partial charge is 0.357 e. The first-order valence-electron chi connectivity index (χ1n) is 8.96. The largest absolute Gasteiger partial charge is 0.461 e. The number of aryl methyl sites for hydroxylation is 1. The number of benzene rings is 1. The van der Waals surface area contributed by atoms with Gasteiger partial charge in [-0.2, -0.15) is 0 Å². The molecule has 0 fully saturated rings. The number of thioether (sulfide) groups is 1. The van der Waals surface area contributed by atoms with E-state index >= 15 is 0 Å². The summed E-state index contributed by atoms with van der Waals surface area (Å²) in [4.78, 5) is 16.2. The second-order valence-electron chi connectivity index (χ2n) is 6.09. The van der Waals surface area contributed by atoms with E-state index in [9.17, 15) is 4.79 Å². The number of rotatable bonds is 7. The van der Waals surface area contributed by atoms with Gasteiger partial charge in [0.05, 0.1) is 24.3 Å². The molecule has 0 bridgehead atoms. The fourth-order valence-corrected chi connectivity index (χ4v) is 4.46. The summed E-state index contributed by atoms with van der Waals surface area (Å²) in [5.41, 5.74) is 2.43. The number of furan rings is 1. The van der Waals surface area contributed by atoms with Crippen LogP contribution in [0.2, 0.25) is 0 Å². The summed E-state index contributed by atoms with van der Waals surface area (Å²) >= 11 is 2.92. The predicted octanol–water partition coefficient (Wildman–Crippen LogP) is 4.76. The molecule has 0 saturated heterocycles. The van der Waals surface area contributed by atoms with Crippen molar-refractivity contribution in [3.8, 4) is 17.3 Å². The average Bonchev–Trinajstić information content (AvgIpc) is 3.46. The van der Waals surface area contributed by atoms with Gasteiger partial charge >= 0.3 is 5.97 Å². The van der Waals surface area contributed by atoms with Crippen molar-refractivity contribution in [2.75, 3.05) is 6.61 Å². The van der Waals surface area contributed by atoms with Gasteiger partial charge in [0, 0.05) is 5.38 Å². The second kappa shape index (κ2) is 8.62. The van der Waals surface area contributed by atoms with Crippen LogP contribution in [-0.4, -0.2) is 32.3 Å². The van der Waals surface area contributed by atoms with Crippen LogP contribution in [0.15, 0.2) is 57.6 Å². The van der Waals surface area contributed by atoms with Crippen LogP contribution in [0.3, 0.4) is 0 Å². The molecule has 9 heteroatoms. The molecular weight excluding hydrogens is 408 g/mol. The van der Waals surface area contributed by atoms with Gasteiger partial charge in [0.25, 0.3) is 0 Å². The lowest BCUT2D eigenvalue weighted by Crippen LogP contribution is -2.05. The first-order valence-corrected chi connectivity index (χ1v) is 10.8. The van der Waals surface area contributed by atoms with Crippen LogP contribution >= 0.6 is 23.1 Å². The van der Waals surface area contributed by atoms with E-state index in [0.29, 0.717) is 29.6 Å². The Hall–Kier alpha value is -2.91. The highest BCUT2D eigenvalue weighted by Crippen LogP contribution is 2.30. The minimum atomic E-state index is -0.400. The number of nitrogens with zero attached hydrogens (tertiary/aromatic N) is 4. The molecule has 0 aliphatic carbocycles. The number of hydrogen-bond acceptors (Lipinski definition) is 8. The van der Waals surface area contributed by atoms with E-state index in [4.69, 9.17) is 9.15 Å². The molecule has 0 atom stereocenters. The molecule has 0 amide bonds. The van der Waals surface area contributed by atoms with Crippen LogP contribution in [-0.2, 0) is 10.5 Å². The summed E-state index contributed by atoms with van der Waals surface area (Å²) in [5.74, 6) is 1.44. The zero-order valence-electron chi connectivity index (χ0n) is 15.9. The van der Waals surface area contributed by atoms with E-state index in [2.05, 4.69) is 21.2 Å². The van der Waals surface area contributed by atoms with Crippen molar-refractivity contribution >= 4 is 29.1 Å². The molecular formula is C20H18N4O3S2. The zero-order valence-corrected chi connectivity index (χ0v) is 17.5. The Balaban J connectivity index is 1.62. The molecule has 7 nitrogen and oxygen atoms in total. The lowest BCUT2D eigenvalue weighted by atomic mass is 10.2. The summed E-state index contributed by atoms with van der Waals surface area (Å²) in [6.07, 6.45) is 1.61. The monoisotopic (exact) mass is 426 g/mol.